The molecular formula is C24H20FN3O3. The molecule has 0 bridgehead atoms. The molecule has 0 saturated heterocycles. The Morgan fingerprint density at radius 2 is 1.77 bits per heavy atom. The van der Waals surface area contributed by atoms with E-state index < -0.39 is 23.4 Å². The summed E-state index contributed by atoms with van der Waals surface area (Å²) >= 11 is 0. The van der Waals surface area contributed by atoms with E-state index in [2.05, 4.69) is 4.99 Å². The number of amides is 1. The summed E-state index contributed by atoms with van der Waals surface area (Å²) in [5, 5.41) is 0. The van der Waals surface area contributed by atoms with Crippen LogP contribution in [-0.2, 0) is 20.9 Å². The highest BCUT2D eigenvalue weighted by Crippen LogP contribution is 2.30. The van der Waals surface area contributed by atoms with Gasteiger partial charge in [0.05, 0.1) is 11.4 Å². The van der Waals surface area contributed by atoms with Crippen LogP contribution < -0.4 is 10.6 Å². The molecule has 3 aromatic carbocycles. The summed E-state index contributed by atoms with van der Waals surface area (Å²) in [5.74, 6) is -2.21. The number of ether oxygens (including phenoxy) is 1. The van der Waals surface area contributed by atoms with Crippen LogP contribution in [-0.4, -0.2) is 30.3 Å². The van der Waals surface area contributed by atoms with E-state index in [0.29, 0.717) is 16.8 Å². The average molecular weight is 417 g/mol. The Kier molecular flexibility index (Phi) is 5.35. The fraction of sp³-hybridized carbons (Fsp3) is 0.125. The van der Waals surface area contributed by atoms with Crippen LogP contribution in [0.4, 0.5) is 10.1 Å². The summed E-state index contributed by atoms with van der Waals surface area (Å²) in [6.45, 7) is -0.0621. The molecule has 1 unspecified atom stereocenters. The van der Waals surface area contributed by atoms with E-state index in [-0.39, 0.29) is 12.3 Å². The van der Waals surface area contributed by atoms with E-state index in [1.54, 1.807) is 42.5 Å². The van der Waals surface area contributed by atoms with Crippen LogP contribution in [0.15, 0.2) is 83.9 Å². The minimum Gasteiger partial charge on any atom is -0.458 e. The van der Waals surface area contributed by atoms with Crippen molar-refractivity contribution in [1.29, 1.82) is 0 Å². The van der Waals surface area contributed by atoms with E-state index in [0.717, 1.165) is 5.56 Å². The number of nitrogens with zero attached hydrogens (tertiary/aromatic N) is 2. The summed E-state index contributed by atoms with van der Waals surface area (Å²) in [4.78, 5) is 31.9. The fourth-order valence-electron chi connectivity index (χ4n) is 3.44. The molecule has 1 atom stereocenters. The zero-order chi connectivity index (χ0) is 22.0. The maximum atomic E-state index is 14.0. The quantitative estimate of drug-likeness (QED) is 0.522. The molecule has 1 heterocycles. The number of aliphatic imine (C=N–C) groups is 1. The molecule has 1 aliphatic heterocycles. The fourth-order valence-corrected chi connectivity index (χ4v) is 3.44. The topological polar surface area (TPSA) is 85.0 Å². The number of carbonyl (C=O) groups is 2. The Morgan fingerprint density at radius 1 is 1.06 bits per heavy atom. The molecule has 156 valence electrons. The van der Waals surface area contributed by atoms with Crippen LogP contribution in [0.2, 0.25) is 0 Å². The van der Waals surface area contributed by atoms with Gasteiger partial charge in [0.25, 0.3) is 11.6 Å². The highest BCUT2D eigenvalue weighted by molar-refractivity contribution is 6.24. The number of benzodiazepines with no additional fused rings is 1. The second kappa shape index (κ2) is 8.12. The Balaban J connectivity index is 1.80. The number of hydrogen-bond acceptors (Lipinski definition) is 5. The molecule has 0 aliphatic carbocycles. The van der Waals surface area contributed by atoms with Crippen molar-refractivity contribution in [3.63, 3.8) is 0 Å². The maximum Gasteiger partial charge on any atom is 0.359 e. The molecule has 31 heavy (non-hydrogen) atoms. The number of para-hydroxylation sites is 1. The Morgan fingerprint density at radius 3 is 2.52 bits per heavy atom. The van der Waals surface area contributed by atoms with E-state index in [1.807, 2.05) is 18.2 Å². The lowest BCUT2D eigenvalue weighted by molar-refractivity contribution is -0.154. The monoisotopic (exact) mass is 417 g/mol. The van der Waals surface area contributed by atoms with Crippen LogP contribution >= 0.6 is 0 Å². The molecule has 0 fully saturated rings. The molecule has 4 rings (SSSR count). The van der Waals surface area contributed by atoms with Gasteiger partial charge in [-0.15, -0.1) is 0 Å². The highest BCUT2D eigenvalue weighted by Gasteiger charge is 2.48. The minimum absolute atomic E-state index is 0.0621. The third-order valence-electron chi connectivity index (χ3n) is 5.06. The summed E-state index contributed by atoms with van der Waals surface area (Å²) in [5.41, 5.74) is 6.38. The lowest BCUT2D eigenvalue weighted by Crippen LogP contribution is -2.59. The molecule has 0 spiro atoms. The van der Waals surface area contributed by atoms with Crippen molar-refractivity contribution in [2.75, 3.05) is 11.9 Å². The molecule has 2 N–H and O–H groups in total. The van der Waals surface area contributed by atoms with E-state index in [1.165, 1.54) is 30.1 Å². The van der Waals surface area contributed by atoms with Gasteiger partial charge in [0.15, 0.2) is 0 Å². The average Bonchev–Trinajstić information content (AvgIpc) is 2.88. The van der Waals surface area contributed by atoms with Gasteiger partial charge in [-0.2, -0.15) is 0 Å². The first-order chi connectivity index (χ1) is 14.9. The van der Waals surface area contributed by atoms with Gasteiger partial charge in [0.2, 0.25) is 0 Å². The van der Waals surface area contributed by atoms with Gasteiger partial charge in [-0.1, -0.05) is 60.7 Å². The number of benzene rings is 3. The lowest BCUT2D eigenvalue weighted by atomic mass is 10.00. The highest BCUT2D eigenvalue weighted by atomic mass is 19.1. The molecule has 1 aliphatic rings. The number of rotatable bonds is 4. The third kappa shape index (κ3) is 3.83. The number of carbonyl (C=O) groups excluding carboxylic acids is 2. The molecule has 1 amide bonds. The van der Waals surface area contributed by atoms with Gasteiger partial charge in [0, 0.05) is 18.2 Å². The van der Waals surface area contributed by atoms with Crippen molar-refractivity contribution in [2.24, 2.45) is 10.7 Å². The summed E-state index contributed by atoms with van der Waals surface area (Å²) in [6.07, 6.45) is 0. The van der Waals surface area contributed by atoms with E-state index >= 15 is 0 Å². The Hall–Kier alpha value is -3.84. The number of anilines is 1. The van der Waals surface area contributed by atoms with Gasteiger partial charge >= 0.3 is 5.97 Å². The number of halogens is 1. The summed E-state index contributed by atoms with van der Waals surface area (Å²) in [6, 6.07) is 21.7. The molecule has 3 aromatic rings. The molecular weight excluding hydrogens is 397 g/mol. The van der Waals surface area contributed by atoms with E-state index in [4.69, 9.17) is 10.5 Å². The second-order valence-corrected chi connectivity index (χ2v) is 7.18. The molecule has 0 aromatic heterocycles. The Labute approximate surface area is 178 Å². The van der Waals surface area contributed by atoms with Crippen molar-refractivity contribution in [3.05, 3.63) is 101 Å². The van der Waals surface area contributed by atoms with E-state index in [9.17, 15) is 14.0 Å². The van der Waals surface area contributed by atoms with Gasteiger partial charge in [-0.3, -0.25) is 10.5 Å². The van der Waals surface area contributed by atoms with Gasteiger partial charge in [0.1, 0.15) is 12.4 Å². The predicted molar refractivity (Wildman–Crippen MR) is 115 cm³/mol. The van der Waals surface area contributed by atoms with Gasteiger partial charge in [-0.05, 0) is 23.8 Å². The van der Waals surface area contributed by atoms with Crippen molar-refractivity contribution in [1.82, 2.24) is 0 Å². The van der Waals surface area contributed by atoms with Crippen LogP contribution in [0.1, 0.15) is 16.7 Å². The van der Waals surface area contributed by atoms with Crippen LogP contribution in [0.3, 0.4) is 0 Å². The first kappa shape index (κ1) is 20.4. The van der Waals surface area contributed by atoms with Crippen molar-refractivity contribution in [3.8, 4) is 0 Å². The Bertz CT molecular complexity index is 1180. The largest absolute Gasteiger partial charge is 0.458 e. The molecule has 0 radical (unpaired) electrons. The molecule has 7 heteroatoms. The van der Waals surface area contributed by atoms with Crippen LogP contribution in [0, 0.1) is 5.82 Å². The summed E-state index contributed by atoms with van der Waals surface area (Å²) < 4.78 is 19.3. The molecule has 0 saturated carbocycles. The standard InChI is InChI=1S/C24H20FN3O3/c1-28-20-13-6-5-12-19(20)21(17-10-7-11-18(25)14-17)27-24(26,22(28)29)23(30)31-15-16-8-3-2-4-9-16/h2-14H,15,26H2,1H3. The SMILES string of the molecule is CN1C(=O)C(N)(C(=O)OCc2ccccc2)N=C(c2cccc(F)c2)c2ccccc21. The predicted octanol–water partition coefficient (Wildman–Crippen LogP) is 3.04. The van der Waals surface area contributed by atoms with Gasteiger partial charge < -0.3 is 9.64 Å². The number of esters is 1. The number of likely N-dealkylation sites (N-methyl/N-ethyl adjacent to an activating group) is 1. The maximum absolute atomic E-state index is 14.0. The number of nitrogens with two attached hydrogens (primary N) is 1. The third-order valence-corrected chi connectivity index (χ3v) is 5.06. The van der Waals surface area contributed by atoms with Gasteiger partial charge in [-0.25, -0.2) is 14.2 Å². The first-order valence-corrected chi connectivity index (χ1v) is 9.63. The number of fused-ring (bicyclic) bond motifs is 1. The van der Waals surface area contributed by atoms with Crippen molar-refractivity contribution >= 4 is 23.3 Å². The second-order valence-electron chi connectivity index (χ2n) is 7.18. The zero-order valence-electron chi connectivity index (χ0n) is 16.8. The normalized spacial score (nSPS) is 18.1. The first-order valence-electron chi connectivity index (χ1n) is 9.63. The minimum atomic E-state index is -2.33. The zero-order valence-corrected chi connectivity index (χ0v) is 16.8. The van der Waals surface area contributed by atoms with Crippen molar-refractivity contribution < 1.29 is 18.7 Å². The van der Waals surface area contributed by atoms with Crippen LogP contribution in [0.5, 0.6) is 0 Å². The number of hydrogen-bond donors (Lipinski definition) is 1. The smallest absolute Gasteiger partial charge is 0.359 e. The van der Waals surface area contributed by atoms with Crippen molar-refractivity contribution in [2.45, 2.75) is 12.3 Å². The molecule has 6 nitrogen and oxygen atoms in total. The van der Waals surface area contributed by atoms with Crippen LogP contribution in [0.25, 0.3) is 0 Å². The lowest BCUT2D eigenvalue weighted by Gasteiger charge is -2.25. The summed E-state index contributed by atoms with van der Waals surface area (Å²) in [7, 11) is 1.51.